The molecule has 0 N–H and O–H groups in total. The molecule has 0 amide bonds. The van der Waals surface area contributed by atoms with Gasteiger partial charge in [0.25, 0.3) is 0 Å². The van der Waals surface area contributed by atoms with Gasteiger partial charge in [0.15, 0.2) is 0 Å². The Labute approximate surface area is 96.1 Å². The van der Waals surface area contributed by atoms with Gasteiger partial charge in [0, 0.05) is 12.3 Å². The molecule has 84 valence electrons. The van der Waals surface area contributed by atoms with Crippen LogP contribution in [0.25, 0.3) is 0 Å². The van der Waals surface area contributed by atoms with Crippen molar-refractivity contribution in [3.63, 3.8) is 0 Å². The van der Waals surface area contributed by atoms with Crippen molar-refractivity contribution in [3.8, 4) is 6.07 Å². The molecule has 0 aromatic heterocycles. The first-order chi connectivity index (χ1) is 7.72. The summed E-state index contributed by atoms with van der Waals surface area (Å²) in [6.45, 7) is 0.616. The molecule has 3 nitrogen and oxygen atoms in total. The molecule has 1 aliphatic heterocycles. The van der Waals surface area contributed by atoms with E-state index in [0.717, 1.165) is 12.8 Å². The summed E-state index contributed by atoms with van der Waals surface area (Å²) in [4.78, 5) is 0. The van der Waals surface area contributed by atoms with E-state index in [2.05, 4.69) is 0 Å². The highest BCUT2D eigenvalue weighted by Gasteiger charge is 2.21. The number of hydrogen-bond acceptors (Lipinski definition) is 2. The van der Waals surface area contributed by atoms with E-state index in [-0.39, 0.29) is 0 Å². The summed E-state index contributed by atoms with van der Waals surface area (Å²) in [5.74, 6) is 0.179. The maximum absolute atomic E-state index is 13.1. The Bertz CT molecular complexity index is 470. The van der Waals surface area contributed by atoms with E-state index in [0.29, 0.717) is 23.5 Å². The number of benzene rings is 1. The van der Waals surface area contributed by atoms with Crippen LogP contribution in [-0.2, 0) is 11.0 Å². The fraction of sp³-hybridized carbons (Fsp3) is 0.364. The zero-order valence-corrected chi connectivity index (χ0v) is 9.47. The van der Waals surface area contributed by atoms with Gasteiger partial charge in [0.2, 0.25) is 0 Å². The highest BCUT2D eigenvalue weighted by atomic mass is 32.2. The lowest BCUT2D eigenvalue weighted by Gasteiger charge is -2.27. The van der Waals surface area contributed by atoms with Gasteiger partial charge in [-0.15, -0.1) is 0 Å². The van der Waals surface area contributed by atoms with Gasteiger partial charge in [-0.2, -0.15) is 5.26 Å². The molecule has 5 heteroatoms. The van der Waals surface area contributed by atoms with Crippen molar-refractivity contribution in [2.24, 2.45) is 0 Å². The molecule has 1 atom stereocenters. The van der Waals surface area contributed by atoms with Gasteiger partial charge in [0.05, 0.1) is 11.3 Å². The van der Waals surface area contributed by atoms with Gasteiger partial charge in [-0.1, -0.05) is 0 Å². The fourth-order valence-electron chi connectivity index (χ4n) is 1.73. The molecule has 0 spiro atoms. The average molecular weight is 238 g/mol. The number of nitriles is 1. The van der Waals surface area contributed by atoms with Gasteiger partial charge in [-0.05, 0) is 31.0 Å². The highest BCUT2D eigenvalue weighted by Crippen LogP contribution is 2.25. The zero-order valence-electron chi connectivity index (χ0n) is 8.65. The molecule has 16 heavy (non-hydrogen) atoms. The molecule has 0 bridgehead atoms. The first-order valence-electron chi connectivity index (χ1n) is 5.08. The minimum atomic E-state index is -1.13. The first-order valence-corrected chi connectivity index (χ1v) is 6.35. The van der Waals surface area contributed by atoms with E-state index in [1.54, 1.807) is 4.31 Å². The molecule has 1 aliphatic rings. The van der Waals surface area contributed by atoms with Crippen LogP contribution >= 0.6 is 0 Å². The molecule has 0 saturated carbocycles. The van der Waals surface area contributed by atoms with Gasteiger partial charge in [0.1, 0.15) is 22.9 Å². The molecule has 1 aromatic carbocycles. The number of hydrogen-bond donors (Lipinski definition) is 0. The van der Waals surface area contributed by atoms with Crippen LogP contribution in [0.1, 0.15) is 18.4 Å². The van der Waals surface area contributed by atoms with E-state index in [4.69, 9.17) is 5.26 Å². The molecule has 1 heterocycles. The Hall–Kier alpha value is -1.41. The molecular formula is C11H11FN2OS. The number of nitrogens with zero attached hydrogens (tertiary/aromatic N) is 2. The summed E-state index contributed by atoms with van der Waals surface area (Å²) >= 11 is 0. The fourth-order valence-corrected chi connectivity index (χ4v) is 3.10. The third-order valence-electron chi connectivity index (χ3n) is 2.52. The Morgan fingerprint density at radius 3 is 2.94 bits per heavy atom. The highest BCUT2D eigenvalue weighted by molar-refractivity contribution is 7.86. The summed E-state index contributed by atoms with van der Waals surface area (Å²) in [6, 6.07) is 5.95. The Balaban J connectivity index is 2.42. The van der Waals surface area contributed by atoms with Crippen LogP contribution in [0, 0.1) is 17.1 Å². The van der Waals surface area contributed by atoms with E-state index < -0.39 is 16.8 Å². The van der Waals surface area contributed by atoms with Crippen LogP contribution in [0.15, 0.2) is 18.2 Å². The van der Waals surface area contributed by atoms with Crippen LogP contribution in [0.3, 0.4) is 0 Å². The van der Waals surface area contributed by atoms with Crippen molar-refractivity contribution < 1.29 is 8.60 Å². The number of halogens is 1. The summed E-state index contributed by atoms with van der Waals surface area (Å²) in [7, 11) is -1.13. The summed E-state index contributed by atoms with van der Waals surface area (Å²) in [6.07, 6.45) is 1.84. The second-order valence-corrected chi connectivity index (χ2v) is 5.10. The molecule has 1 aromatic rings. The summed E-state index contributed by atoms with van der Waals surface area (Å²) in [5, 5.41) is 8.93. The van der Waals surface area contributed by atoms with Crippen LogP contribution in [0.5, 0.6) is 0 Å². The van der Waals surface area contributed by atoms with E-state index >= 15 is 0 Å². The predicted octanol–water partition coefficient (Wildman–Crippen LogP) is 1.96. The Morgan fingerprint density at radius 1 is 1.44 bits per heavy atom. The van der Waals surface area contributed by atoms with E-state index in [1.807, 2.05) is 6.07 Å². The van der Waals surface area contributed by atoms with Crippen molar-refractivity contribution in [2.45, 2.75) is 12.8 Å². The van der Waals surface area contributed by atoms with Gasteiger partial charge < -0.3 is 0 Å². The van der Waals surface area contributed by atoms with Crippen LogP contribution in [-0.4, -0.2) is 16.5 Å². The topological polar surface area (TPSA) is 44.1 Å². The maximum Gasteiger partial charge on any atom is 0.125 e. The molecule has 2 rings (SSSR count). The van der Waals surface area contributed by atoms with Gasteiger partial charge in [-0.25, -0.2) is 8.60 Å². The average Bonchev–Trinajstić information content (AvgIpc) is 2.29. The summed E-state index contributed by atoms with van der Waals surface area (Å²) in [5.41, 5.74) is 0.817. The molecular weight excluding hydrogens is 227 g/mol. The third-order valence-corrected chi connectivity index (χ3v) is 4.03. The molecule has 1 fully saturated rings. The number of anilines is 1. The van der Waals surface area contributed by atoms with E-state index in [9.17, 15) is 8.60 Å². The maximum atomic E-state index is 13.1. The molecule has 0 aliphatic carbocycles. The van der Waals surface area contributed by atoms with Crippen molar-refractivity contribution in [1.82, 2.24) is 0 Å². The quantitative estimate of drug-likeness (QED) is 0.750. The normalized spacial score (nSPS) is 20.5. The molecule has 1 unspecified atom stereocenters. The largest absolute Gasteiger partial charge is 0.290 e. The smallest absolute Gasteiger partial charge is 0.125 e. The van der Waals surface area contributed by atoms with Crippen molar-refractivity contribution in [1.29, 1.82) is 5.26 Å². The SMILES string of the molecule is N#Cc1ccc(F)cc1N1CCCCS1=O. The van der Waals surface area contributed by atoms with Gasteiger partial charge >= 0.3 is 0 Å². The second kappa shape index (κ2) is 4.62. The zero-order chi connectivity index (χ0) is 11.5. The Morgan fingerprint density at radius 2 is 2.25 bits per heavy atom. The summed E-state index contributed by atoms with van der Waals surface area (Å²) < 4.78 is 26.5. The van der Waals surface area contributed by atoms with Crippen LogP contribution in [0.2, 0.25) is 0 Å². The molecule has 0 radical (unpaired) electrons. The van der Waals surface area contributed by atoms with Crippen molar-refractivity contribution in [3.05, 3.63) is 29.6 Å². The van der Waals surface area contributed by atoms with Crippen LogP contribution in [0.4, 0.5) is 10.1 Å². The minimum absolute atomic E-state index is 0.372. The van der Waals surface area contributed by atoms with Crippen molar-refractivity contribution >= 4 is 16.7 Å². The lowest BCUT2D eigenvalue weighted by atomic mass is 10.2. The monoisotopic (exact) mass is 238 g/mol. The second-order valence-electron chi connectivity index (χ2n) is 3.61. The predicted molar refractivity (Wildman–Crippen MR) is 60.7 cm³/mol. The first kappa shape index (κ1) is 11.1. The molecule has 1 saturated heterocycles. The third kappa shape index (κ3) is 2.07. The van der Waals surface area contributed by atoms with Crippen LogP contribution < -0.4 is 4.31 Å². The van der Waals surface area contributed by atoms with Crippen molar-refractivity contribution in [2.75, 3.05) is 16.6 Å². The van der Waals surface area contributed by atoms with E-state index in [1.165, 1.54) is 18.2 Å². The lowest BCUT2D eigenvalue weighted by Crippen LogP contribution is -2.33. The standard InChI is InChI=1S/C11H11FN2OS/c12-10-4-3-9(8-13)11(7-10)14-5-1-2-6-16(14)15/h3-4,7H,1-2,5-6H2. The number of rotatable bonds is 1. The van der Waals surface area contributed by atoms with Gasteiger partial charge in [-0.3, -0.25) is 4.31 Å². The lowest BCUT2D eigenvalue weighted by molar-refractivity contribution is 0.626. The minimum Gasteiger partial charge on any atom is -0.290 e. The Kier molecular flexibility index (Phi) is 3.20.